The zero-order chi connectivity index (χ0) is 20.9. The van der Waals surface area contributed by atoms with Crippen LogP contribution >= 0.6 is 0 Å². The Kier molecular flexibility index (Phi) is 5.66. The van der Waals surface area contributed by atoms with Gasteiger partial charge in [0.05, 0.1) is 11.4 Å². The Balaban J connectivity index is 1.71. The van der Waals surface area contributed by atoms with Crippen molar-refractivity contribution in [3.8, 4) is 16.9 Å². The molecule has 0 N–H and O–H groups in total. The molecule has 0 aliphatic carbocycles. The van der Waals surface area contributed by atoms with Crippen molar-refractivity contribution >= 4 is 11.9 Å². The van der Waals surface area contributed by atoms with Crippen LogP contribution in [0.3, 0.4) is 0 Å². The Morgan fingerprint density at radius 1 is 0.967 bits per heavy atom. The fraction of sp³-hybridized carbons (Fsp3) is 0.0769. The number of ketones is 1. The summed E-state index contributed by atoms with van der Waals surface area (Å²) in [4.78, 5) is 12.5. The number of benzene rings is 3. The smallest absolute Gasteiger partial charge is 0.185 e. The SMILES string of the molecule is CCc1ccc(-c2nn(-c3ccccc3)cc2/C=C/C(=O)c2ccc(F)cc2)cc1. The monoisotopic (exact) mass is 396 g/mol. The van der Waals surface area contributed by atoms with Crippen molar-refractivity contribution < 1.29 is 9.18 Å². The average Bonchev–Trinajstić information content (AvgIpc) is 3.23. The Labute approximate surface area is 175 Å². The number of halogens is 1. The molecule has 3 aromatic carbocycles. The molecule has 0 unspecified atom stereocenters. The van der Waals surface area contributed by atoms with Crippen molar-refractivity contribution in [1.29, 1.82) is 0 Å². The van der Waals surface area contributed by atoms with Gasteiger partial charge in [0.25, 0.3) is 0 Å². The maximum Gasteiger partial charge on any atom is 0.185 e. The van der Waals surface area contributed by atoms with Gasteiger partial charge in [0.1, 0.15) is 5.82 Å². The number of hydrogen-bond donors (Lipinski definition) is 0. The molecule has 0 saturated heterocycles. The molecular formula is C26H21FN2O. The molecule has 4 heteroatoms. The summed E-state index contributed by atoms with van der Waals surface area (Å²) >= 11 is 0. The normalized spacial score (nSPS) is 11.1. The van der Waals surface area contributed by atoms with E-state index >= 15 is 0 Å². The molecule has 30 heavy (non-hydrogen) atoms. The molecule has 1 aromatic heterocycles. The number of hydrogen-bond acceptors (Lipinski definition) is 2. The number of para-hydroxylation sites is 1. The second kappa shape index (κ2) is 8.70. The van der Waals surface area contributed by atoms with Crippen LogP contribution in [0.1, 0.15) is 28.4 Å². The predicted molar refractivity (Wildman–Crippen MR) is 118 cm³/mol. The van der Waals surface area contributed by atoms with E-state index in [0.29, 0.717) is 5.56 Å². The number of nitrogens with zero attached hydrogens (tertiary/aromatic N) is 2. The van der Waals surface area contributed by atoms with E-state index in [4.69, 9.17) is 5.10 Å². The first-order valence-electron chi connectivity index (χ1n) is 9.86. The quantitative estimate of drug-likeness (QED) is 0.290. The molecular weight excluding hydrogens is 375 g/mol. The third-order valence-corrected chi connectivity index (χ3v) is 4.94. The van der Waals surface area contributed by atoms with Crippen LogP contribution in [-0.4, -0.2) is 15.6 Å². The van der Waals surface area contributed by atoms with Crippen molar-refractivity contribution in [2.75, 3.05) is 0 Å². The highest BCUT2D eigenvalue weighted by Gasteiger charge is 2.11. The predicted octanol–water partition coefficient (Wildman–Crippen LogP) is 6.14. The zero-order valence-corrected chi connectivity index (χ0v) is 16.6. The second-order valence-electron chi connectivity index (χ2n) is 6.97. The van der Waals surface area contributed by atoms with Gasteiger partial charge in [-0.05, 0) is 60.5 Å². The largest absolute Gasteiger partial charge is 0.289 e. The summed E-state index contributed by atoms with van der Waals surface area (Å²) in [5.74, 6) is -0.549. The maximum atomic E-state index is 13.1. The van der Waals surface area contributed by atoms with Gasteiger partial charge in [0.2, 0.25) is 0 Å². The Morgan fingerprint density at radius 2 is 1.67 bits per heavy atom. The van der Waals surface area contributed by atoms with Gasteiger partial charge in [-0.25, -0.2) is 9.07 Å². The Hall–Kier alpha value is -3.79. The van der Waals surface area contributed by atoms with Gasteiger partial charge < -0.3 is 0 Å². The average molecular weight is 396 g/mol. The first kappa shape index (κ1) is 19.5. The fourth-order valence-electron chi connectivity index (χ4n) is 3.22. The van der Waals surface area contributed by atoms with E-state index in [1.807, 2.05) is 41.2 Å². The third-order valence-electron chi connectivity index (χ3n) is 4.94. The van der Waals surface area contributed by atoms with Crippen LogP contribution in [0.15, 0.2) is 91.1 Å². The van der Waals surface area contributed by atoms with Crippen LogP contribution < -0.4 is 0 Å². The summed E-state index contributed by atoms with van der Waals surface area (Å²) < 4.78 is 14.9. The molecule has 4 aromatic rings. The molecule has 148 valence electrons. The minimum atomic E-state index is -0.363. The number of aryl methyl sites for hydroxylation is 1. The van der Waals surface area contributed by atoms with Crippen LogP contribution in [0.4, 0.5) is 4.39 Å². The second-order valence-corrected chi connectivity index (χ2v) is 6.97. The fourth-order valence-corrected chi connectivity index (χ4v) is 3.22. The first-order valence-corrected chi connectivity index (χ1v) is 9.86. The van der Waals surface area contributed by atoms with Gasteiger partial charge in [-0.15, -0.1) is 0 Å². The molecule has 0 aliphatic rings. The lowest BCUT2D eigenvalue weighted by Gasteiger charge is -2.02. The van der Waals surface area contributed by atoms with Crippen LogP contribution in [0.25, 0.3) is 23.0 Å². The van der Waals surface area contributed by atoms with Crippen LogP contribution in [0.5, 0.6) is 0 Å². The number of allylic oxidation sites excluding steroid dienone is 1. The summed E-state index contributed by atoms with van der Waals surface area (Å²) in [6.07, 6.45) is 6.15. The van der Waals surface area contributed by atoms with E-state index in [-0.39, 0.29) is 11.6 Å². The van der Waals surface area contributed by atoms with E-state index in [9.17, 15) is 9.18 Å². The third kappa shape index (κ3) is 4.28. The van der Waals surface area contributed by atoms with E-state index in [1.54, 1.807) is 6.08 Å². The van der Waals surface area contributed by atoms with Crippen molar-refractivity contribution in [1.82, 2.24) is 9.78 Å². The van der Waals surface area contributed by atoms with Crippen LogP contribution in [-0.2, 0) is 6.42 Å². The van der Waals surface area contributed by atoms with E-state index < -0.39 is 0 Å². The molecule has 0 radical (unpaired) electrons. The molecule has 4 rings (SSSR count). The molecule has 0 fully saturated rings. The molecule has 0 amide bonds. The number of carbonyl (C=O) groups is 1. The lowest BCUT2D eigenvalue weighted by molar-refractivity contribution is 0.104. The van der Waals surface area contributed by atoms with Crippen molar-refractivity contribution in [2.45, 2.75) is 13.3 Å². The van der Waals surface area contributed by atoms with Gasteiger partial charge in [0.15, 0.2) is 5.78 Å². The maximum absolute atomic E-state index is 13.1. The van der Waals surface area contributed by atoms with Crippen LogP contribution in [0.2, 0.25) is 0 Å². The molecule has 3 nitrogen and oxygen atoms in total. The van der Waals surface area contributed by atoms with Gasteiger partial charge in [-0.2, -0.15) is 5.10 Å². The lowest BCUT2D eigenvalue weighted by atomic mass is 10.0. The highest BCUT2D eigenvalue weighted by atomic mass is 19.1. The molecule has 0 aliphatic heterocycles. The molecule has 0 bridgehead atoms. The number of rotatable bonds is 6. The highest BCUT2D eigenvalue weighted by molar-refractivity contribution is 6.07. The minimum Gasteiger partial charge on any atom is -0.289 e. The summed E-state index contributed by atoms with van der Waals surface area (Å²) in [6, 6.07) is 23.7. The lowest BCUT2D eigenvalue weighted by Crippen LogP contribution is -1.94. The number of carbonyl (C=O) groups excluding carboxylic acids is 1. The summed E-state index contributed by atoms with van der Waals surface area (Å²) in [5, 5.41) is 4.77. The summed E-state index contributed by atoms with van der Waals surface area (Å²) in [6.45, 7) is 2.12. The first-order chi connectivity index (χ1) is 14.6. The Bertz CT molecular complexity index is 1170. The molecule has 1 heterocycles. The van der Waals surface area contributed by atoms with Crippen molar-refractivity contribution in [2.24, 2.45) is 0 Å². The van der Waals surface area contributed by atoms with E-state index in [2.05, 4.69) is 31.2 Å². The summed E-state index contributed by atoms with van der Waals surface area (Å²) in [5.41, 5.74) is 5.24. The minimum absolute atomic E-state index is 0.185. The highest BCUT2D eigenvalue weighted by Crippen LogP contribution is 2.25. The van der Waals surface area contributed by atoms with E-state index in [0.717, 1.165) is 28.9 Å². The van der Waals surface area contributed by atoms with Crippen molar-refractivity contribution in [3.05, 3.63) is 114 Å². The van der Waals surface area contributed by atoms with Gasteiger partial charge in [-0.1, -0.05) is 49.4 Å². The molecule has 0 saturated carbocycles. The standard InChI is InChI=1S/C26H21FN2O/c1-2-19-8-10-21(11-9-19)26-22(18-29(28-26)24-6-4-3-5-7-24)14-17-25(30)20-12-15-23(27)16-13-20/h3-18H,2H2,1H3/b17-14+. The Morgan fingerprint density at radius 3 is 2.33 bits per heavy atom. The zero-order valence-electron chi connectivity index (χ0n) is 16.6. The number of aromatic nitrogens is 2. The van der Waals surface area contributed by atoms with E-state index in [1.165, 1.54) is 35.9 Å². The molecule has 0 atom stereocenters. The molecule has 0 spiro atoms. The van der Waals surface area contributed by atoms with Crippen LogP contribution in [0, 0.1) is 5.82 Å². The van der Waals surface area contributed by atoms with Gasteiger partial charge in [-0.3, -0.25) is 4.79 Å². The van der Waals surface area contributed by atoms with Gasteiger partial charge >= 0.3 is 0 Å². The summed E-state index contributed by atoms with van der Waals surface area (Å²) in [7, 11) is 0. The van der Waals surface area contributed by atoms with Crippen molar-refractivity contribution in [3.63, 3.8) is 0 Å². The van der Waals surface area contributed by atoms with Gasteiger partial charge in [0, 0.05) is 22.9 Å². The topological polar surface area (TPSA) is 34.9 Å².